The molecule has 1 aliphatic heterocycles. The molecule has 1 aromatic carbocycles. The van der Waals surface area contributed by atoms with Gasteiger partial charge in [0.2, 0.25) is 5.91 Å². The predicted octanol–water partition coefficient (Wildman–Crippen LogP) is 4.94. The number of benzene rings is 1. The molecule has 0 bridgehead atoms. The fourth-order valence-electron chi connectivity index (χ4n) is 3.97. The molecule has 3 heterocycles. The van der Waals surface area contributed by atoms with Crippen molar-refractivity contribution in [3.05, 3.63) is 72.4 Å². The van der Waals surface area contributed by atoms with Gasteiger partial charge >= 0.3 is 0 Å². The molecule has 31 heavy (non-hydrogen) atoms. The van der Waals surface area contributed by atoms with Crippen molar-refractivity contribution in [2.75, 3.05) is 18.0 Å². The molecule has 3 aromatic rings. The summed E-state index contributed by atoms with van der Waals surface area (Å²) in [5, 5.41) is 0. The lowest BCUT2D eigenvalue weighted by Gasteiger charge is -2.38. The highest BCUT2D eigenvalue weighted by Gasteiger charge is 2.38. The molecule has 0 saturated carbocycles. The van der Waals surface area contributed by atoms with E-state index in [1.807, 2.05) is 55.6 Å². The van der Waals surface area contributed by atoms with Gasteiger partial charge in [-0.3, -0.25) is 14.5 Å². The Morgan fingerprint density at radius 2 is 1.87 bits per heavy atom. The molecule has 1 unspecified atom stereocenters. The lowest BCUT2D eigenvalue weighted by atomic mass is 10.0. The van der Waals surface area contributed by atoms with E-state index in [9.17, 15) is 9.59 Å². The van der Waals surface area contributed by atoms with Crippen LogP contribution in [0.15, 0.2) is 65.4 Å². The number of furan rings is 1. The number of unbranched alkanes of at least 4 members (excludes halogenated alkanes) is 1. The Balaban J connectivity index is 1.75. The Bertz CT molecular complexity index is 1060. The lowest BCUT2D eigenvalue weighted by Crippen LogP contribution is -2.48. The number of carbonyl (C=O) groups is 2. The Labute approximate surface area is 190 Å². The van der Waals surface area contributed by atoms with Crippen LogP contribution in [0.3, 0.4) is 0 Å². The first kappa shape index (κ1) is 21.5. The van der Waals surface area contributed by atoms with Crippen LogP contribution in [-0.4, -0.2) is 39.2 Å². The van der Waals surface area contributed by atoms with Crippen LogP contribution in [0.4, 0.5) is 5.69 Å². The number of rotatable bonds is 7. The molecular weight excluding hydrogens is 437 g/mol. The molecule has 2 aromatic heterocycles. The number of fused-ring (bicyclic) bond motifs is 3. The van der Waals surface area contributed by atoms with Crippen molar-refractivity contribution in [1.29, 1.82) is 0 Å². The summed E-state index contributed by atoms with van der Waals surface area (Å²) in [4.78, 5) is 28.2. The highest BCUT2D eigenvalue weighted by Crippen LogP contribution is 2.42. The van der Waals surface area contributed by atoms with Crippen LogP contribution in [0.2, 0.25) is 0 Å². The summed E-state index contributed by atoms with van der Waals surface area (Å²) in [5.74, 6) is -0.0603. The molecule has 0 N–H and O–H groups in total. The molecular formula is C23H23Cl2N3O3. The zero-order valence-electron chi connectivity index (χ0n) is 17.1. The van der Waals surface area contributed by atoms with Crippen molar-refractivity contribution < 1.29 is 14.0 Å². The zero-order valence-corrected chi connectivity index (χ0v) is 18.6. The average molecular weight is 460 g/mol. The van der Waals surface area contributed by atoms with Crippen molar-refractivity contribution >= 4 is 40.7 Å². The minimum Gasteiger partial charge on any atom is -0.467 e. The third kappa shape index (κ3) is 4.10. The molecule has 162 valence electrons. The molecule has 1 atom stereocenters. The number of amides is 2. The van der Waals surface area contributed by atoms with Crippen LogP contribution in [-0.2, 0) is 9.59 Å². The summed E-state index contributed by atoms with van der Waals surface area (Å²) in [7, 11) is 0. The zero-order chi connectivity index (χ0) is 22.0. The normalized spacial score (nSPS) is 15.0. The van der Waals surface area contributed by atoms with Gasteiger partial charge in [-0.15, -0.1) is 0 Å². The molecule has 0 aliphatic carbocycles. The Kier molecular flexibility index (Phi) is 6.39. The van der Waals surface area contributed by atoms with E-state index in [4.69, 9.17) is 27.6 Å². The first-order valence-corrected chi connectivity index (χ1v) is 11.1. The van der Waals surface area contributed by atoms with Gasteiger partial charge in [-0.25, -0.2) is 0 Å². The Hall–Kier alpha value is -2.70. The average Bonchev–Trinajstić information content (AvgIpc) is 3.47. The summed E-state index contributed by atoms with van der Waals surface area (Å²) >= 11 is 11.7. The Morgan fingerprint density at radius 3 is 2.55 bits per heavy atom. The number of carbonyl (C=O) groups excluding carboxylic acids is 2. The van der Waals surface area contributed by atoms with Gasteiger partial charge in [-0.1, -0.05) is 48.7 Å². The monoisotopic (exact) mass is 459 g/mol. The minimum atomic E-state index is -1.21. The van der Waals surface area contributed by atoms with E-state index in [-0.39, 0.29) is 12.5 Å². The van der Waals surface area contributed by atoms with E-state index in [0.29, 0.717) is 12.3 Å². The molecule has 0 spiro atoms. The molecule has 2 amide bonds. The number of alkyl halides is 2. The second kappa shape index (κ2) is 9.20. The van der Waals surface area contributed by atoms with Crippen molar-refractivity contribution in [3.63, 3.8) is 0 Å². The van der Waals surface area contributed by atoms with Crippen LogP contribution in [0.25, 0.3) is 5.69 Å². The SMILES string of the molecule is CCCCN(CC(=O)N1c2ccccc2-n2cccc2C1c1ccco1)C(=O)C(Cl)Cl. The maximum Gasteiger partial charge on any atom is 0.256 e. The van der Waals surface area contributed by atoms with E-state index in [1.165, 1.54) is 4.90 Å². The molecule has 1 aliphatic rings. The highest BCUT2D eigenvalue weighted by atomic mass is 35.5. The molecule has 0 radical (unpaired) electrons. The smallest absolute Gasteiger partial charge is 0.256 e. The fourth-order valence-corrected chi connectivity index (χ4v) is 4.25. The maximum absolute atomic E-state index is 13.7. The lowest BCUT2D eigenvalue weighted by molar-refractivity contribution is -0.134. The van der Waals surface area contributed by atoms with E-state index < -0.39 is 16.8 Å². The molecule has 6 nitrogen and oxygen atoms in total. The van der Waals surface area contributed by atoms with Crippen LogP contribution in [0, 0.1) is 0 Å². The maximum atomic E-state index is 13.7. The van der Waals surface area contributed by atoms with Crippen LogP contribution in [0.1, 0.15) is 37.3 Å². The van der Waals surface area contributed by atoms with Gasteiger partial charge in [-0.2, -0.15) is 0 Å². The summed E-state index contributed by atoms with van der Waals surface area (Å²) in [6, 6.07) is 14.8. The van der Waals surface area contributed by atoms with E-state index in [1.54, 1.807) is 17.2 Å². The highest BCUT2D eigenvalue weighted by molar-refractivity contribution is 6.53. The first-order valence-electron chi connectivity index (χ1n) is 10.2. The quantitative estimate of drug-likeness (QED) is 0.470. The number of hydrogen-bond donors (Lipinski definition) is 0. The second-order valence-electron chi connectivity index (χ2n) is 7.39. The topological polar surface area (TPSA) is 58.7 Å². The van der Waals surface area contributed by atoms with Crippen LogP contribution >= 0.6 is 23.2 Å². The van der Waals surface area contributed by atoms with Gasteiger partial charge in [0.25, 0.3) is 5.91 Å². The third-order valence-electron chi connectivity index (χ3n) is 5.41. The number of anilines is 1. The van der Waals surface area contributed by atoms with Gasteiger partial charge in [0.1, 0.15) is 18.3 Å². The van der Waals surface area contributed by atoms with Gasteiger partial charge in [0, 0.05) is 12.7 Å². The van der Waals surface area contributed by atoms with Gasteiger partial charge in [-0.05, 0) is 42.8 Å². The van der Waals surface area contributed by atoms with Crippen LogP contribution in [0.5, 0.6) is 0 Å². The second-order valence-corrected chi connectivity index (χ2v) is 8.48. The summed E-state index contributed by atoms with van der Waals surface area (Å²) in [5.41, 5.74) is 2.53. The van der Waals surface area contributed by atoms with Crippen molar-refractivity contribution in [3.8, 4) is 5.69 Å². The summed E-state index contributed by atoms with van der Waals surface area (Å²) < 4.78 is 7.78. The third-order valence-corrected chi connectivity index (χ3v) is 5.78. The molecule has 0 saturated heterocycles. The Morgan fingerprint density at radius 1 is 1.10 bits per heavy atom. The number of halogens is 2. The number of nitrogens with zero attached hydrogens (tertiary/aromatic N) is 3. The van der Waals surface area contributed by atoms with Crippen molar-refractivity contribution in [1.82, 2.24) is 9.47 Å². The van der Waals surface area contributed by atoms with Gasteiger partial charge < -0.3 is 13.9 Å². The molecule has 8 heteroatoms. The largest absolute Gasteiger partial charge is 0.467 e. The fraction of sp³-hybridized carbons (Fsp3) is 0.304. The standard InChI is InChI=1S/C23H23Cl2N3O3/c1-2-3-12-26(23(30)22(24)25)15-20(29)28-17-9-5-4-8-16(17)27-13-6-10-18(27)21(28)19-11-7-14-31-19/h4-11,13-14,21-22H,2-3,12,15H2,1H3. The van der Waals surface area contributed by atoms with Crippen LogP contribution < -0.4 is 4.90 Å². The van der Waals surface area contributed by atoms with E-state index in [2.05, 4.69) is 4.57 Å². The van der Waals surface area contributed by atoms with E-state index >= 15 is 0 Å². The van der Waals surface area contributed by atoms with Gasteiger partial charge in [0.05, 0.1) is 23.3 Å². The minimum absolute atomic E-state index is 0.124. The number of hydrogen-bond acceptors (Lipinski definition) is 3. The van der Waals surface area contributed by atoms with Crippen molar-refractivity contribution in [2.24, 2.45) is 0 Å². The first-order chi connectivity index (χ1) is 15.0. The number of para-hydroxylation sites is 2. The van der Waals surface area contributed by atoms with E-state index in [0.717, 1.165) is 29.9 Å². The summed E-state index contributed by atoms with van der Waals surface area (Å²) in [6.07, 6.45) is 5.19. The molecule has 4 rings (SSSR count). The van der Waals surface area contributed by atoms with Crippen molar-refractivity contribution in [2.45, 2.75) is 30.6 Å². The predicted molar refractivity (Wildman–Crippen MR) is 121 cm³/mol. The van der Waals surface area contributed by atoms with Gasteiger partial charge in [0.15, 0.2) is 4.84 Å². The number of aromatic nitrogens is 1. The molecule has 0 fully saturated rings. The summed E-state index contributed by atoms with van der Waals surface area (Å²) in [6.45, 7) is 2.31.